The predicted molar refractivity (Wildman–Crippen MR) is 99.9 cm³/mol. The van der Waals surface area contributed by atoms with Crippen LogP contribution in [-0.4, -0.2) is 29.9 Å². The van der Waals surface area contributed by atoms with Gasteiger partial charge in [0.25, 0.3) is 5.91 Å². The number of nitrogens with zero attached hydrogens (tertiary/aromatic N) is 1. The molecule has 1 atom stereocenters. The summed E-state index contributed by atoms with van der Waals surface area (Å²) in [6.45, 7) is 3.29. The van der Waals surface area contributed by atoms with Gasteiger partial charge in [-0.3, -0.25) is 4.79 Å². The molecule has 1 saturated heterocycles. The van der Waals surface area contributed by atoms with Crippen LogP contribution in [-0.2, 0) is 0 Å². The van der Waals surface area contributed by atoms with Gasteiger partial charge in [0.2, 0.25) is 0 Å². The van der Waals surface area contributed by atoms with E-state index >= 15 is 0 Å². The number of rotatable bonds is 3. The lowest BCUT2D eigenvalue weighted by molar-refractivity contribution is 0.0715. The maximum absolute atomic E-state index is 13.0. The summed E-state index contributed by atoms with van der Waals surface area (Å²) in [5.41, 5.74) is 2.36. The van der Waals surface area contributed by atoms with Gasteiger partial charge in [-0.05, 0) is 68.3 Å². The fourth-order valence-electron chi connectivity index (χ4n) is 3.55. The third-order valence-corrected chi connectivity index (χ3v) is 4.81. The zero-order valence-electron chi connectivity index (χ0n) is 14.7. The van der Waals surface area contributed by atoms with Crippen molar-refractivity contribution >= 4 is 22.6 Å². The summed E-state index contributed by atoms with van der Waals surface area (Å²) in [5, 5.41) is 4.35. The molecule has 3 aromatic rings. The van der Waals surface area contributed by atoms with Crippen LogP contribution in [0.2, 0.25) is 0 Å². The van der Waals surface area contributed by atoms with Crippen molar-refractivity contribution in [3.63, 3.8) is 0 Å². The van der Waals surface area contributed by atoms with Crippen molar-refractivity contribution in [3.8, 4) is 0 Å². The van der Waals surface area contributed by atoms with Crippen molar-refractivity contribution in [1.82, 2.24) is 4.90 Å². The third-order valence-electron chi connectivity index (χ3n) is 4.81. The van der Waals surface area contributed by atoms with E-state index in [0.29, 0.717) is 12.1 Å². The first-order valence-electron chi connectivity index (χ1n) is 8.90. The van der Waals surface area contributed by atoms with Crippen molar-refractivity contribution in [3.05, 3.63) is 65.7 Å². The third kappa shape index (κ3) is 3.43. The van der Waals surface area contributed by atoms with Gasteiger partial charge in [0, 0.05) is 35.8 Å². The zero-order valence-corrected chi connectivity index (χ0v) is 14.7. The van der Waals surface area contributed by atoms with Gasteiger partial charge >= 0.3 is 0 Å². The number of nitrogens with one attached hydrogen (secondary N) is 1. The number of carbonyl (C=O) groups is 1. The van der Waals surface area contributed by atoms with Gasteiger partial charge in [-0.25, -0.2) is 4.39 Å². The number of aryl methyl sites for hydroxylation is 1. The van der Waals surface area contributed by atoms with Crippen LogP contribution in [0.5, 0.6) is 0 Å². The first kappa shape index (κ1) is 16.6. The van der Waals surface area contributed by atoms with Crippen molar-refractivity contribution in [2.45, 2.75) is 25.8 Å². The molecule has 1 unspecified atom stereocenters. The number of anilines is 1. The average molecular weight is 352 g/mol. The van der Waals surface area contributed by atoms with Gasteiger partial charge < -0.3 is 14.6 Å². The van der Waals surface area contributed by atoms with Crippen molar-refractivity contribution in [2.75, 3.05) is 18.4 Å². The van der Waals surface area contributed by atoms with E-state index < -0.39 is 0 Å². The predicted octanol–water partition coefficient (Wildman–Crippen LogP) is 4.60. The van der Waals surface area contributed by atoms with Crippen LogP contribution in [0.4, 0.5) is 10.1 Å². The molecule has 5 heteroatoms. The number of carbonyl (C=O) groups excluding carboxylic acids is 1. The quantitative estimate of drug-likeness (QED) is 0.749. The number of hydrogen-bond donors (Lipinski definition) is 1. The summed E-state index contributed by atoms with van der Waals surface area (Å²) in [5.74, 6) is 0.628. The van der Waals surface area contributed by atoms with Gasteiger partial charge in [0.15, 0.2) is 0 Å². The Hall–Kier alpha value is -2.82. The molecule has 1 aromatic heterocycles. The average Bonchev–Trinajstić information content (AvgIpc) is 3.02. The highest BCUT2D eigenvalue weighted by molar-refractivity contribution is 5.98. The molecule has 4 nitrogen and oxygen atoms in total. The minimum absolute atomic E-state index is 0.0383. The van der Waals surface area contributed by atoms with Crippen LogP contribution in [0.3, 0.4) is 0 Å². The van der Waals surface area contributed by atoms with Crippen LogP contribution < -0.4 is 5.32 Å². The normalized spacial score (nSPS) is 17.5. The lowest BCUT2D eigenvalue weighted by Crippen LogP contribution is -2.45. The first-order valence-corrected chi connectivity index (χ1v) is 8.90. The Morgan fingerprint density at radius 3 is 2.81 bits per heavy atom. The topological polar surface area (TPSA) is 45.5 Å². The number of fused-ring (bicyclic) bond motifs is 1. The Kier molecular flexibility index (Phi) is 4.37. The standard InChI is InChI=1S/C21H21FN2O2/c1-14-11-16-12-15(4-9-20(16)26-14)21(25)24-10-2-3-19(13-24)23-18-7-5-17(22)6-8-18/h4-9,11-12,19,23H,2-3,10,13H2,1H3. The molecule has 1 aliphatic heterocycles. The molecule has 0 aliphatic carbocycles. The molecule has 0 saturated carbocycles. The van der Waals surface area contributed by atoms with Gasteiger partial charge in [-0.2, -0.15) is 0 Å². The number of benzene rings is 2. The lowest BCUT2D eigenvalue weighted by Gasteiger charge is -2.33. The molecule has 1 aliphatic rings. The van der Waals surface area contributed by atoms with E-state index in [1.165, 1.54) is 12.1 Å². The minimum atomic E-state index is -0.249. The molecular weight excluding hydrogens is 331 g/mol. The summed E-state index contributed by atoms with van der Waals surface area (Å²) in [4.78, 5) is 14.8. The SMILES string of the molecule is Cc1cc2cc(C(=O)N3CCCC(Nc4ccc(F)cc4)C3)ccc2o1. The number of amides is 1. The minimum Gasteiger partial charge on any atom is -0.461 e. The molecule has 1 amide bonds. The van der Waals surface area contributed by atoms with E-state index in [-0.39, 0.29) is 17.8 Å². The summed E-state index contributed by atoms with van der Waals surface area (Å²) in [7, 11) is 0. The Morgan fingerprint density at radius 2 is 2.00 bits per heavy atom. The maximum atomic E-state index is 13.0. The van der Waals surface area contributed by atoms with E-state index in [0.717, 1.165) is 41.8 Å². The van der Waals surface area contributed by atoms with Crippen molar-refractivity contribution in [2.24, 2.45) is 0 Å². The highest BCUT2D eigenvalue weighted by Gasteiger charge is 2.24. The van der Waals surface area contributed by atoms with E-state index in [1.54, 1.807) is 12.1 Å². The van der Waals surface area contributed by atoms with Crippen LogP contribution >= 0.6 is 0 Å². The second kappa shape index (κ2) is 6.83. The van der Waals surface area contributed by atoms with Crippen molar-refractivity contribution in [1.29, 1.82) is 0 Å². The van der Waals surface area contributed by atoms with E-state index in [2.05, 4.69) is 5.32 Å². The monoisotopic (exact) mass is 352 g/mol. The van der Waals surface area contributed by atoms with Gasteiger partial charge in [-0.15, -0.1) is 0 Å². The molecule has 2 heterocycles. The first-order chi connectivity index (χ1) is 12.6. The highest BCUT2D eigenvalue weighted by atomic mass is 19.1. The van der Waals surface area contributed by atoms with Crippen LogP contribution in [0.15, 0.2) is 52.9 Å². The number of piperidine rings is 1. The Morgan fingerprint density at radius 1 is 1.19 bits per heavy atom. The molecule has 134 valence electrons. The molecule has 0 radical (unpaired) electrons. The Bertz CT molecular complexity index is 933. The van der Waals surface area contributed by atoms with E-state index in [4.69, 9.17) is 4.42 Å². The smallest absolute Gasteiger partial charge is 0.253 e. The largest absolute Gasteiger partial charge is 0.461 e. The second-order valence-corrected chi connectivity index (χ2v) is 6.85. The summed E-state index contributed by atoms with van der Waals surface area (Å²) in [6.07, 6.45) is 1.93. The number of likely N-dealkylation sites (tertiary alicyclic amines) is 1. The summed E-state index contributed by atoms with van der Waals surface area (Å²) >= 11 is 0. The van der Waals surface area contributed by atoms with Gasteiger partial charge in [-0.1, -0.05) is 0 Å². The maximum Gasteiger partial charge on any atom is 0.253 e. The highest BCUT2D eigenvalue weighted by Crippen LogP contribution is 2.23. The molecule has 4 rings (SSSR count). The fraction of sp³-hybridized carbons (Fsp3) is 0.286. The summed E-state index contributed by atoms with van der Waals surface area (Å²) < 4.78 is 18.6. The fourth-order valence-corrected chi connectivity index (χ4v) is 3.55. The van der Waals surface area contributed by atoms with Crippen LogP contribution in [0, 0.1) is 12.7 Å². The van der Waals surface area contributed by atoms with Gasteiger partial charge in [0.1, 0.15) is 17.2 Å². The van der Waals surface area contributed by atoms with Crippen molar-refractivity contribution < 1.29 is 13.6 Å². The molecule has 26 heavy (non-hydrogen) atoms. The molecule has 0 bridgehead atoms. The number of hydrogen-bond acceptors (Lipinski definition) is 3. The molecule has 0 spiro atoms. The van der Waals surface area contributed by atoms with Crippen LogP contribution in [0.25, 0.3) is 11.0 Å². The molecular formula is C21H21FN2O2. The van der Waals surface area contributed by atoms with E-state index in [1.807, 2.05) is 36.1 Å². The summed E-state index contributed by atoms with van der Waals surface area (Å²) in [6, 6.07) is 14.0. The zero-order chi connectivity index (χ0) is 18.1. The van der Waals surface area contributed by atoms with Gasteiger partial charge in [0.05, 0.1) is 0 Å². The molecule has 1 fully saturated rings. The molecule has 1 N–H and O–H groups in total. The second-order valence-electron chi connectivity index (χ2n) is 6.85. The Balaban J connectivity index is 1.47. The van der Waals surface area contributed by atoms with Crippen LogP contribution in [0.1, 0.15) is 29.0 Å². The number of halogens is 1. The van der Waals surface area contributed by atoms with E-state index in [9.17, 15) is 9.18 Å². The lowest BCUT2D eigenvalue weighted by atomic mass is 10.0. The number of furan rings is 1. The molecule has 2 aromatic carbocycles. The Labute approximate surface area is 151 Å².